The molecule has 4 nitrogen and oxygen atoms in total. The highest BCUT2D eigenvalue weighted by Crippen LogP contribution is 2.18. The molecule has 134 valence electrons. The van der Waals surface area contributed by atoms with Gasteiger partial charge in [-0.05, 0) is 62.0 Å². The monoisotopic (exact) mass is 404 g/mol. The summed E-state index contributed by atoms with van der Waals surface area (Å²) in [6, 6.07) is 15.4. The van der Waals surface area contributed by atoms with E-state index in [0.29, 0.717) is 5.75 Å². The van der Waals surface area contributed by atoms with Gasteiger partial charge in [-0.15, -0.1) is 0 Å². The largest absolute Gasteiger partial charge is 0.481 e. The smallest absolute Gasteiger partial charge is 0.265 e. The third-order valence-electron chi connectivity index (χ3n) is 3.99. The van der Waals surface area contributed by atoms with Crippen LogP contribution >= 0.6 is 15.9 Å². The predicted octanol–water partition coefficient (Wildman–Crippen LogP) is 4.70. The molecule has 5 heteroatoms. The van der Waals surface area contributed by atoms with Gasteiger partial charge in [0, 0.05) is 16.7 Å². The minimum Gasteiger partial charge on any atom is -0.481 e. The summed E-state index contributed by atoms with van der Waals surface area (Å²) < 4.78 is 6.67. The maximum absolute atomic E-state index is 12.4. The van der Waals surface area contributed by atoms with Crippen LogP contribution < -0.4 is 10.1 Å². The number of amides is 1. The van der Waals surface area contributed by atoms with Gasteiger partial charge in [0.1, 0.15) is 5.75 Å². The first-order valence-corrected chi connectivity index (χ1v) is 9.35. The Kier molecular flexibility index (Phi) is 7.47. The van der Waals surface area contributed by atoms with E-state index in [1.807, 2.05) is 42.5 Å². The van der Waals surface area contributed by atoms with Crippen LogP contribution in [-0.4, -0.2) is 30.0 Å². The molecule has 0 saturated heterocycles. The molecule has 0 fully saturated rings. The van der Waals surface area contributed by atoms with E-state index in [4.69, 9.17) is 4.74 Å². The van der Waals surface area contributed by atoms with E-state index >= 15 is 0 Å². The molecule has 0 aromatic heterocycles. The molecule has 0 aliphatic carbocycles. The number of nitrogens with one attached hydrogen (secondary N) is 1. The topological polar surface area (TPSA) is 41.6 Å². The molecule has 0 aliphatic rings. The van der Waals surface area contributed by atoms with Crippen molar-refractivity contribution in [2.45, 2.75) is 33.4 Å². The van der Waals surface area contributed by atoms with Crippen molar-refractivity contribution >= 4 is 27.5 Å². The number of rotatable bonds is 8. The van der Waals surface area contributed by atoms with Crippen molar-refractivity contribution in [3.63, 3.8) is 0 Å². The number of carbonyl (C=O) groups excluding carboxylic acids is 1. The van der Waals surface area contributed by atoms with Crippen LogP contribution in [-0.2, 0) is 11.3 Å². The first kappa shape index (κ1) is 19.5. The first-order chi connectivity index (χ1) is 12.0. The summed E-state index contributed by atoms with van der Waals surface area (Å²) >= 11 is 3.38. The fraction of sp³-hybridized carbons (Fsp3) is 0.350. The highest BCUT2D eigenvalue weighted by Gasteiger charge is 2.15. The summed E-state index contributed by atoms with van der Waals surface area (Å²) in [5.41, 5.74) is 1.98. The molecule has 1 amide bonds. The number of hydrogen-bond acceptors (Lipinski definition) is 3. The SMILES string of the molecule is CCN(CC)Cc1cccc(NC(=O)C(C)Oc2ccc(Br)cc2)c1. The second kappa shape index (κ2) is 9.59. The van der Waals surface area contributed by atoms with Gasteiger partial charge in [-0.3, -0.25) is 9.69 Å². The summed E-state index contributed by atoms with van der Waals surface area (Å²) in [5.74, 6) is 0.504. The molecule has 1 N–H and O–H groups in total. The van der Waals surface area contributed by atoms with Crippen molar-refractivity contribution in [2.24, 2.45) is 0 Å². The minimum absolute atomic E-state index is 0.164. The number of halogens is 1. The summed E-state index contributed by atoms with van der Waals surface area (Å²) in [4.78, 5) is 14.7. The lowest BCUT2D eigenvalue weighted by Crippen LogP contribution is -2.30. The van der Waals surface area contributed by atoms with Gasteiger partial charge in [0.05, 0.1) is 0 Å². The predicted molar refractivity (Wildman–Crippen MR) is 106 cm³/mol. The van der Waals surface area contributed by atoms with Crippen LogP contribution in [0.5, 0.6) is 5.75 Å². The van der Waals surface area contributed by atoms with Crippen molar-refractivity contribution in [1.29, 1.82) is 0 Å². The van der Waals surface area contributed by atoms with Crippen molar-refractivity contribution in [1.82, 2.24) is 4.90 Å². The molecule has 1 atom stereocenters. The summed E-state index contributed by atoms with van der Waals surface area (Å²) in [6.45, 7) is 8.93. The Bertz CT molecular complexity index is 684. The average molecular weight is 405 g/mol. The standard InChI is InChI=1S/C20H25BrN2O2/c1-4-23(5-2)14-16-7-6-8-18(13-16)22-20(24)15(3)25-19-11-9-17(21)10-12-19/h6-13,15H,4-5,14H2,1-3H3,(H,22,24). The Morgan fingerprint density at radius 3 is 2.48 bits per heavy atom. The van der Waals surface area contributed by atoms with E-state index in [2.05, 4.69) is 46.1 Å². The van der Waals surface area contributed by atoms with Crippen LogP contribution in [0.15, 0.2) is 53.0 Å². The lowest BCUT2D eigenvalue weighted by atomic mass is 10.2. The second-order valence-corrected chi connectivity index (χ2v) is 6.78. The number of anilines is 1. The Balaban J connectivity index is 1.96. The highest BCUT2D eigenvalue weighted by atomic mass is 79.9. The molecular weight excluding hydrogens is 380 g/mol. The number of ether oxygens (including phenoxy) is 1. The van der Waals surface area contributed by atoms with Gasteiger partial charge in [-0.25, -0.2) is 0 Å². The second-order valence-electron chi connectivity index (χ2n) is 5.87. The Morgan fingerprint density at radius 1 is 1.16 bits per heavy atom. The van der Waals surface area contributed by atoms with Crippen molar-refractivity contribution in [3.05, 3.63) is 58.6 Å². The number of nitrogens with zero attached hydrogens (tertiary/aromatic N) is 1. The average Bonchev–Trinajstić information content (AvgIpc) is 2.61. The third kappa shape index (κ3) is 6.18. The van der Waals surface area contributed by atoms with Gasteiger partial charge < -0.3 is 10.1 Å². The molecule has 0 bridgehead atoms. The van der Waals surface area contributed by atoms with E-state index in [9.17, 15) is 4.79 Å². The van der Waals surface area contributed by atoms with Crippen LogP contribution in [0.2, 0.25) is 0 Å². The molecule has 2 rings (SSSR count). The molecule has 2 aromatic carbocycles. The van der Waals surface area contributed by atoms with Gasteiger partial charge in [0.2, 0.25) is 0 Å². The van der Waals surface area contributed by atoms with Crippen LogP contribution in [0.3, 0.4) is 0 Å². The van der Waals surface area contributed by atoms with E-state index in [1.165, 1.54) is 5.56 Å². The Hall–Kier alpha value is -1.85. The van der Waals surface area contributed by atoms with Crippen LogP contribution in [0.4, 0.5) is 5.69 Å². The van der Waals surface area contributed by atoms with Crippen LogP contribution in [0, 0.1) is 0 Å². The number of benzene rings is 2. The van der Waals surface area contributed by atoms with E-state index in [1.54, 1.807) is 6.92 Å². The molecule has 0 aliphatic heterocycles. The number of hydrogen-bond donors (Lipinski definition) is 1. The summed E-state index contributed by atoms with van der Waals surface area (Å²) in [6.07, 6.45) is -0.576. The molecule has 0 heterocycles. The lowest BCUT2D eigenvalue weighted by Gasteiger charge is -2.19. The van der Waals surface area contributed by atoms with Crippen molar-refractivity contribution in [2.75, 3.05) is 18.4 Å². The molecule has 0 spiro atoms. The maximum Gasteiger partial charge on any atom is 0.265 e. The molecule has 1 unspecified atom stereocenters. The van der Waals surface area contributed by atoms with Gasteiger partial charge in [-0.2, -0.15) is 0 Å². The zero-order chi connectivity index (χ0) is 18.2. The molecule has 25 heavy (non-hydrogen) atoms. The zero-order valence-electron chi connectivity index (χ0n) is 15.0. The fourth-order valence-electron chi connectivity index (χ4n) is 2.47. The lowest BCUT2D eigenvalue weighted by molar-refractivity contribution is -0.122. The molecule has 0 radical (unpaired) electrons. The van der Waals surface area contributed by atoms with Gasteiger partial charge >= 0.3 is 0 Å². The summed E-state index contributed by atoms with van der Waals surface area (Å²) in [5, 5.41) is 2.93. The van der Waals surface area contributed by atoms with Gasteiger partial charge in [-0.1, -0.05) is 41.9 Å². The van der Waals surface area contributed by atoms with Gasteiger partial charge in [0.25, 0.3) is 5.91 Å². The Labute approximate surface area is 158 Å². The number of carbonyl (C=O) groups is 1. The quantitative estimate of drug-likeness (QED) is 0.693. The highest BCUT2D eigenvalue weighted by molar-refractivity contribution is 9.10. The maximum atomic E-state index is 12.4. The molecule has 2 aromatic rings. The third-order valence-corrected chi connectivity index (χ3v) is 4.52. The van der Waals surface area contributed by atoms with Crippen LogP contribution in [0.25, 0.3) is 0 Å². The van der Waals surface area contributed by atoms with Crippen LogP contribution in [0.1, 0.15) is 26.3 Å². The fourth-order valence-corrected chi connectivity index (χ4v) is 2.73. The molecular formula is C20H25BrN2O2. The van der Waals surface area contributed by atoms with Gasteiger partial charge in [0.15, 0.2) is 6.10 Å². The van der Waals surface area contributed by atoms with Crippen molar-refractivity contribution in [3.8, 4) is 5.75 Å². The van der Waals surface area contributed by atoms with E-state index in [-0.39, 0.29) is 5.91 Å². The molecule has 0 saturated carbocycles. The van der Waals surface area contributed by atoms with E-state index < -0.39 is 6.10 Å². The minimum atomic E-state index is -0.576. The normalized spacial score (nSPS) is 12.0. The van der Waals surface area contributed by atoms with E-state index in [0.717, 1.165) is 29.8 Å². The zero-order valence-corrected chi connectivity index (χ0v) is 16.5. The Morgan fingerprint density at radius 2 is 1.84 bits per heavy atom. The first-order valence-electron chi connectivity index (χ1n) is 8.56. The van der Waals surface area contributed by atoms with Crippen molar-refractivity contribution < 1.29 is 9.53 Å². The summed E-state index contributed by atoms with van der Waals surface area (Å²) in [7, 11) is 0.